The van der Waals surface area contributed by atoms with E-state index in [2.05, 4.69) is 5.32 Å². The summed E-state index contributed by atoms with van der Waals surface area (Å²) < 4.78 is 20.9. The minimum atomic E-state index is -0.387. The number of rotatable bonds is 5. The molecule has 2 aromatic carbocycles. The number of aromatic nitrogens is 2. The number of ether oxygens (including phenoxy) is 1. The van der Waals surface area contributed by atoms with E-state index in [0.717, 1.165) is 28.1 Å². The van der Waals surface area contributed by atoms with Gasteiger partial charge in [-0.1, -0.05) is 19.9 Å². The zero-order chi connectivity index (χ0) is 21.5. The second-order valence-electron chi connectivity index (χ2n) is 8.34. The van der Waals surface area contributed by atoms with E-state index in [9.17, 15) is 14.3 Å². The average Bonchev–Trinajstić information content (AvgIpc) is 3.03. The highest BCUT2D eigenvalue weighted by molar-refractivity contribution is 5.97. The van der Waals surface area contributed by atoms with Gasteiger partial charge >= 0.3 is 0 Å². The lowest BCUT2D eigenvalue weighted by atomic mass is 9.94. The Morgan fingerprint density at radius 3 is 2.60 bits per heavy atom. The summed E-state index contributed by atoms with van der Waals surface area (Å²) in [6.07, 6.45) is 0. The predicted molar refractivity (Wildman–Crippen MR) is 113 cm³/mol. The monoisotopic (exact) mass is 409 g/mol. The van der Waals surface area contributed by atoms with Crippen LogP contribution in [0.5, 0.6) is 5.75 Å². The summed E-state index contributed by atoms with van der Waals surface area (Å²) in [6, 6.07) is 11.9. The van der Waals surface area contributed by atoms with Crippen LogP contribution in [0.25, 0.3) is 22.4 Å². The van der Waals surface area contributed by atoms with Gasteiger partial charge in [0.2, 0.25) is 0 Å². The molecule has 1 aliphatic heterocycles. The first-order valence-corrected chi connectivity index (χ1v) is 9.79. The molecule has 1 aliphatic rings. The van der Waals surface area contributed by atoms with Crippen molar-refractivity contribution in [1.82, 2.24) is 9.78 Å². The van der Waals surface area contributed by atoms with E-state index in [4.69, 9.17) is 9.84 Å². The van der Waals surface area contributed by atoms with E-state index in [1.54, 1.807) is 12.1 Å². The highest BCUT2D eigenvalue weighted by atomic mass is 19.1. The van der Waals surface area contributed by atoms with Crippen LogP contribution < -0.4 is 10.1 Å². The molecule has 0 fully saturated rings. The van der Waals surface area contributed by atoms with Gasteiger partial charge in [0, 0.05) is 29.7 Å². The zero-order valence-corrected chi connectivity index (χ0v) is 17.2. The Morgan fingerprint density at radius 2 is 1.90 bits per heavy atom. The summed E-state index contributed by atoms with van der Waals surface area (Å²) in [5, 5.41) is 17.3. The molecule has 0 saturated carbocycles. The van der Waals surface area contributed by atoms with E-state index < -0.39 is 0 Å². The number of aliphatic hydroxyl groups is 1. The van der Waals surface area contributed by atoms with Crippen LogP contribution in [0.2, 0.25) is 0 Å². The van der Waals surface area contributed by atoms with Crippen molar-refractivity contribution in [3.05, 3.63) is 54.0 Å². The van der Waals surface area contributed by atoms with Gasteiger partial charge in [-0.2, -0.15) is 5.10 Å². The Morgan fingerprint density at radius 1 is 1.20 bits per heavy atom. The molecule has 0 spiro atoms. The first-order chi connectivity index (χ1) is 14.3. The number of anilines is 1. The summed E-state index contributed by atoms with van der Waals surface area (Å²) in [5.74, 6) is 0.107. The number of hydrogen-bond donors (Lipinski definition) is 2. The fourth-order valence-electron chi connectivity index (χ4n) is 3.64. The van der Waals surface area contributed by atoms with Gasteiger partial charge in [-0.3, -0.25) is 9.48 Å². The molecule has 0 atom stereocenters. The third-order valence-corrected chi connectivity index (χ3v) is 5.15. The van der Waals surface area contributed by atoms with Gasteiger partial charge in [-0.05, 0) is 48.9 Å². The third kappa shape index (κ3) is 3.80. The number of aliphatic hydroxyl groups excluding tert-OH is 1. The largest absolute Gasteiger partial charge is 0.482 e. The van der Waals surface area contributed by atoms with Gasteiger partial charge < -0.3 is 15.2 Å². The fourth-order valence-corrected chi connectivity index (χ4v) is 3.64. The first-order valence-electron chi connectivity index (χ1n) is 9.79. The van der Waals surface area contributed by atoms with Crippen LogP contribution in [0.3, 0.4) is 0 Å². The average molecular weight is 409 g/mol. The van der Waals surface area contributed by atoms with Crippen LogP contribution >= 0.6 is 0 Å². The highest BCUT2D eigenvalue weighted by Gasteiger charge is 2.25. The third-order valence-electron chi connectivity index (χ3n) is 5.15. The maximum atomic E-state index is 13.6. The van der Waals surface area contributed by atoms with E-state index >= 15 is 0 Å². The SMILES string of the molecule is Cc1nn(CC(C)(C)CO)c(-c2ccc(F)cc2)c1-c1ccc2c(c1)NC(=O)CO2. The summed E-state index contributed by atoms with van der Waals surface area (Å²) in [5.41, 5.74) is 4.42. The summed E-state index contributed by atoms with van der Waals surface area (Å²) in [6.45, 7) is 6.33. The number of nitrogens with one attached hydrogen (secondary N) is 1. The van der Waals surface area contributed by atoms with E-state index in [1.807, 2.05) is 43.7 Å². The van der Waals surface area contributed by atoms with Crippen molar-refractivity contribution in [3.63, 3.8) is 0 Å². The fraction of sp³-hybridized carbons (Fsp3) is 0.304. The molecule has 30 heavy (non-hydrogen) atoms. The normalized spacial score (nSPS) is 13.6. The number of halogens is 1. The molecular weight excluding hydrogens is 385 g/mol. The van der Waals surface area contributed by atoms with Crippen molar-refractivity contribution >= 4 is 11.6 Å². The number of carbonyl (C=O) groups is 1. The van der Waals surface area contributed by atoms with Gasteiger partial charge in [-0.15, -0.1) is 0 Å². The van der Waals surface area contributed by atoms with Crippen molar-refractivity contribution in [2.24, 2.45) is 5.41 Å². The van der Waals surface area contributed by atoms with E-state index in [-0.39, 0.29) is 30.4 Å². The number of amides is 1. The molecule has 0 radical (unpaired) electrons. The first kappa shape index (κ1) is 20.1. The maximum Gasteiger partial charge on any atom is 0.262 e. The molecule has 2 heterocycles. The van der Waals surface area contributed by atoms with Crippen LogP contribution in [0.1, 0.15) is 19.5 Å². The van der Waals surface area contributed by atoms with Gasteiger partial charge in [0.25, 0.3) is 5.91 Å². The standard InChI is InChI=1S/C23H24FN3O3/c1-14-21(16-6-9-19-18(10-16)25-20(29)11-30-19)22(15-4-7-17(24)8-5-15)27(26-14)12-23(2,3)13-28/h4-10,28H,11-13H2,1-3H3,(H,25,29). The maximum absolute atomic E-state index is 13.6. The minimum Gasteiger partial charge on any atom is -0.482 e. The summed E-state index contributed by atoms with van der Waals surface area (Å²) in [7, 11) is 0. The molecule has 0 saturated heterocycles. The van der Waals surface area contributed by atoms with Crippen LogP contribution in [-0.2, 0) is 11.3 Å². The van der Waals surface area contributed by atoms with Crippen molar-refractivity contribution < 1.29 is 19.0 Å². The number of nitrogens with zero attached hydrogens (tertiary/aromatic N) is 2. The lowest BCUT2D eigenvalue weighted by molar-refractivity contribution is -0.118. The molecule has 0 unspecified atom stereocenters. The van der Waals surface area contributed by atoms with Crippen LogP contribution in [0.15, 0.2) is 42.5 Å². The molecule has 0 aliphatic carbocycles. The molecule has 6 nitrogen and oxygen atoms in total. The van der Waals surface area contributed by atoms with Crippen LogP contribution in [0, 0.1) is 18.2 Å². The Labute approximate surface area is 174 Å². The van der Waals surface area contributed by atoms with E-state index in [1.165, 1.54) is 12.1 Å². The number of benzene rings is 2. The van der Waals surface area contributed by atoms with Crippen molar-refractivity contribution in [2.75, 3.05) is 18.5 Å². The van der Waals surface area contributed by atoms with Crippen LogP contribution in [-0.4, -0.2) is 34.0 Å². The van der Waals surface area contributed by atoms with Gasteiger partial charge in [0.1, 0.15) is 11.6 Å². The molecule has 3 aromatic rings. The lowest BCUT2D eigenvalue weighted by Gasteiger charge is -2.23. The van der Waals surface area contributed by atoms with Crippen molar-refractivity contribution in [1.29, 1.82) is 0 Å². The minimum absolute atomic E-state index is 0.000376. The molecule has 7 heteroatoms. The Bertz CT molecular complexity index is 1100. The van der Waals surface area contributed by atoms with Crippen LogP contribution in [0.4, 0.5) is 10.1 Å². The predicted octanol–water partition coefficient (Wildman–Crippen LogP) is 4.01. The van der Waals surface area contributed by atoms with Gasteiger partial charge in [-0.25, -0.2) is 4.39 Å². The van der Waals surface area contributed by atoms with Crippen molar-refractivity contribution in [3.8, 4) is 28.1 Å². The second kappa shape index (κ2) is 7.57. The smallest absolute Gasteiger partial charge is 0.262 e. The highest BCUT2D eigenvalue weighted by Crippen LogP contribution is 2.40. The summed E-state index contributed by atoms with van der Waals surface area (Å²) >= 11 is 0. The Hall–Kier alpha value is -3.19. The Kier molecular flexibility index (Phi) is 5.07. The lowest BCUT2D eigenvalue weighted by Crippen LogP contribution is -2.25. The summed E-state index contributed by atoms with van der Waals surface area (Å²) in [4.78, 5) is 11.7. The topological polar surface area (TPSA) is 76.4 Å². The molecule has 156 valence electrons. The molecule has 2 N–H and O–H groups in total. The molecule has 1 aromatic heterocycles. The second-order valence-corrected chi connectivity index (χ2v) is 8.34. The van der Waals surface area contributed by atoms with Gasteiger partial charge in [0.05, 0.1) is 17.1 Å². The molecular formula is C23H24FN3O3. The zero-order valence-electron chi connectivity index (χ0n) is 17.2. The van der Waals surface area contributed by atoms with E-state index in [0.29, 0.717) is 18.0 Å². The Balaban J connectivity index is 1.89. The van der Waals surface area contributed by atoms with Gasteiger partial charge in [0.15, 0.2) is 6.61 Å². The quantitative estimate of drug-likeness (QED) is 0.668. The molecule has 0 bridgehead atoms. The molecule has 4 rings (SSSR count). The van der Waals surface area contributed by atoms with Crippen molar-refractivity contribution in [2.45, 2.75) is 27.3 Å². The molecule has 1 amide bonds. The number of hydrogen-bond acceptors (Lipinski definition) is 4. The number of aryl methyl sites for hydroxylation is 1. The number of carbonyl (C=O) groups excluding carboxylic acids is 1. The number of fused-ring (bicyclic) bond motifs is 1.